The van der Waals surface area contributed by atoms with Crippen molar-refractivity contribution >= 4 is 40.5 Å². The zero-order valence-electron chi connectivity index (χ0n) is 17.3. The number of benzene rings is 1. The van der Waals surface area contributed by atoms with Crippen molar-refractivity contribution in [2.45, 2.75) is 32.6 Å². The lowest BCUT2D eigenvalue weighted by Crippen LogP contribution is -2.27. The highest BCUT2D eigenvalue weighted by atomic mass is 16.2. The fourth-order valence-corrected chi connectivity index (χ4v) is 3.49. The topological polar surface area (TPSA) is 109 Å². The van der Waals surface area contributed by atoms with Gasteiger partial charge < -0.3 is 16.0 Å². The first-order chi connectivity index (χ1) is 15.0. The van der Waals surface area contributed by atoms with Gasteiger partial charge >= 0.3 is 0 Å². The molecule has 0 aliphatic heterocycles. The number of carbonyl (C=O) groups excluding carboxylic acids is 2. The standard InChI is InChI=1S/C23H24N6O2/c1-15-25-21(14-22(26-15)29-20-4-2-3-13-24-20)27-17-7-9-18(10-8-17)28-23(31)16-5-11-19(30)12-6-16/h2-4,7-10,13-14,16H,5-6,11-12H2,1H3,(H,28,31)(H2,24,25,26,27,29). The first kappa shape index (κ1) is 20.5. The van der Waals surface area contributed by atoms with Gasteiger partial charge in [0.2, 0.25) is 5.91 Å². The van der Waals surface area contributed by atoms with E-state index in [1.54, 1.807) is 6.20 Å². The van der Waals surface area contributed by atoms with Crippen molar-refractivity contribution in [3.8, 4) is 0 Å². The van der Waals surface area contributed by atoms with E-state index in [0.717, 1.165) is 11.4 Å². The zero-order valence-corrected chi connectivity index (χ0v) is 17.3. The Labute approximate surface area is 180 Å². The number of anilines is 5. The van der Waals surface area contributed by atoms with Crippen LogP contribution in [0.1, 0.15) is 31.5 Å². The summed E-state index contributed by atoms with van der Waals surface area (Å²) in [6.45, 7) is 1.83. The maximum absolute atomic E-state index is 12.4. The van der Waals surface area contributed by atoms with Crippen LogP contribution >= 0.6 is 0 Å². The van der Waals surface area contributed by atoms with E-state index in [1.807, 2.05) is 55.5 Å². The third-order valence-electron chi connectivity index (χ3n) is 5.10. The van der Waals surface area contributed by atoms with E-state index in [9.17, 15) is 9.59 Å². The van der Waals surface area contributed by atoms with E-state index >= 15 is 0 Å². The van der Waals surface area contributed by atoms with Gasteiger partial charge in [-0.1, -0.05) is 6.07 Å². The number of nitrogens with one attached hydrogen (secondary N) is 3. The van der Waals surface area contributed by atoms with E-state index in [1.165, 1.54) is 0 Å². The molecular weight excluding hydrogens is 392 g/mol. The summed E-state index contributed by atoms with van der Waals surface area (Å²) in [5.74, 6) is 2.75. The largest absolute Gasteiger partial charge is 0.340 e. The molecule has 1 amide bonds. The first-order valence-electron chi connectivity index (χ1n) is 10.3. The smallest absolute Gasteiger partial charge is 0.227 e. The molecule has 1 aliphatic rings. The van der Waals surface area contributed by atoms with Gasteiger partial charge in [0.25, 0.3) is 0 Å². The molecule has 3 N–H and O–H groups in total. The quantitative estimate of drug-likeness (QED) is 0.547. The second-order valence-electron chi connectivity index (χ2n) is 7.53. The molecule has 2 heterocycles. The minimum atomic E-state index is -0.0930. The van der Waals surface area contributed by atoms with Gasteiger partial charge in [-0.15, -0.1) is 0 Å². The van der Waals surface area contributed by atoms with Crippen molar-refractivity contribution in [1.29, 1.82) is 0 Å². The van der Waals surface area contributed by atoms with Gasteiger partial charge in [0.1, 0.15) is 29.1 Å². The van der Waals surface area contributed by atoms with Crippen LogP contribution in [-0.4, -0.2) is 26.6 Å². The van der Waals surface area contributed by atoms with Gasteiger partial charge in [-0.2, -0.15) is 0 Å². The summed E-state index contributed by atoms with van der Waals surface area (Å²) >= 11 is 0. The minimum absolute atomic E-state index is 0.0233. The van der Waals surface area contributed by atoms with Crippen LogP contribution in [0.3, 0.4) is 0 Å². The number of pyridine rings is 1. The third kappa shape index (κ3) is 5.63. The molecule has 1 saturated carbocycles. The Kier molecular flexibility index (Phi) is 6.16. The predicted molar refractivity (Wildman–Crippen MR) is 120 cm³/mol. The number of aromatic nitrogens is 3. The summed E-state index contributed by atoms with van der Waals surface area (Å²) in [5, 5.41) is 9.37. The number of nitrogens with zero attached hydrogens (tertiary/aromatic N) is 3. The summed E-state index contributed by atoms with van der Waals surface area (Å²) in [5.41, 5.74) is 1.56. The molecule has 4 rings (SSSR count). The van der Waals surface area contributed by atoms with Crippen LogP contribution in [0.4, 0.5) is 28.8 Å². The Bertz CT molecular complexity index is 1060. The number of hydrogen-bond donors (Lipinski definition) is 3. The van der Waals surface area contributed by atoms with E-state index < -0.39 is 0 Å². The van der Waals surface area contributed by atoms with Gasteiger partial charge in [-0.25, -0.2) is 15.0 Å². The summed E-state index contributed by atoms with van der Waals surface area (Å²) in [7, 11) is 0. The maximum atomic E-state index is 12.4. The minimum Gasteiger partial charge on any atom is -0.340 e. The van der Waals surface area contributed by atoms with Crippen molar-refractivity contribution < 1.29 is 9.59 Å². The highest BCUT2D eigenvalue weighted by Gasteiger charge is 2.24. The molecule has 0 saturated heterocycles. The normalized spacial score (nSPS) is 14.2. The Hall–Kier alpha value is -3.81. The molecule has 31 heavy (non-hydrogen) atoms. The molecule has 2 aromatic heterocycles. The molecule has 1 aliphatic carbocycles. The van der Waals surface area contributed by atoms with Crippen LogP contribution in [0.25, 0.3) is 0 Å². The van der Waals surface area contributed by atoms with E-state index in [4.69, 9.17) is 0 Å². The van der Waals surface area contributed by atoms with Crippen molar-refractivity contribution in [3.63, 3.8) is 0 Å². The zero-order chi connectivity index (χ0) is 21.6. The molecular formula is C23H24N6O2. The van der Waals surface area contributed by atoms with Crippen LogP contribution in [0, 0.1) is 12.8 Å². The van der Waals surface area contributed by atoms with Gasteiger partial charge in [0, 0.05) is 42.4 Å². The van der Waals surface area contributed by atoms with E-state index in [2.05, 4.69) is 30.9 Å². The molecule has 0 unspecified atom stereocenters. The SMILES string of the molecule is Cc1nc(Nc2ccc(NC(=O)C3CCC(=O)CC3)cc2)cc(Nc2ccccn2)n1. The van der Waals surface area contributed by atoms with E-state index in [-0.39, 0.29) is 17.6 Å². The summed E-state index contributed by atoms with van der Waals surface area (Å²) in [6.07, 6.45) is 3.97. The Morgan fingerprint density at radius 2 is 1.58 bits per heavy atom. The van der Waals surface area contributed by atoms with Crippen LogP contribution in [-0.2, 0) is 9.59 Å². The van der Waals surface area contributed by atoms with Crippen LogP contribution in [0.2, 0.25) is 0 Å². The molecule has 1 aromatic carbocycles. The lowest BCUT2D eigenvalue weighted by atomic mass is 9.88. The van der Waals surface area contributed by atoms with Crippen molar-refractivity contribution in [1.82, 2.24) is 15.0 Å². The molecule has 0 bridgehead atoms. The molecule has 0 atom stereocenters. The number of aryl methyl sites for hydroxylation is 1. The summed E-state index contributed by atoms with van der Waals surface area (Å²) < 4.78 is 0. The molecule has 3 aromatic rings. The number of ketones is 1. The molecule has 8 heteroatoms. The lowest BCUT2D eigenvalue weighted by Gasteiger charge is -2.20. The van der Waals surface area contributed by atoms with Crippen molar-refractivity contribution in [2.75, 3.05) is 16.0 Å². The number of rotatable bonds is 6. The molecule has 8 nitrogen and oxygen atoms in total. The summed E-state index contributed by atoms with van der Waals surface area (Å²) in [6, 6.07) is 14.9. The maximum Gasteiger partial charge on any atom is 0.227 e. The molecule has 0 radical (unpaired) electrons. The second-order valence-corrected chi connectivity index (χ2v) is 7.53. The number of hydrogen-bond acceptors (Lipinski definition) is 7. The van der Waals surface area contributed by atoms with E-state index in [0.29, 0.717) is 49.0 Å². The average Bonchev–Trinajstić information content (AvgIpc) is 2.76. The highest BCUT2D eigenvalue weighted by molar-refractivity contribution is 5.94. The lowest BCUT2D eigenvalue weighted by molar-refractivity contribution is -0.125. The highest BCUT2D eigenvalue weighted by Crippen LogP contribution is 2.24. The Balaban J connectivity index is 1.38. The van der Waals surface area contributed by atoms with Crippen molar-refractivity contribution in [2.24, 2.45) is 5.92 Å². The third-order valence-corrected chi connectivity index (χ3v) is 5.10. The molecule has 158 valence electrons. The Morgan fingerprint density at radius 1 is 0.903 bits per heavy atom. The average molecular weight is 416 g/mol. The number of amides is 1. The summed E-state index contributed by atoms with van der Waals surface area (Å²) in [4.78, 5) is 36.8. The van der Waals surface area contributed by atoms with Gasteiger partial charge in [0.05, 0.1) is 0 Å². The molecule has 0 spiro atoms. The van der Waals surface area contributed by atoms with Crippen LogP contribution < -0.4 is 16.0 Å². The van der Waals surface area contributed by atoms with Gasteiger partial charge in [0.15, 0.2) is 0 Å². The van der Waals surface area contributed by atoms with Crippen LogP contribution in [0.5, 0.6) is 0 Å². The van der Waals surface area contributed by atoms with Crippen molar-refractivity contribution in [3.05, 3.63) is 60.6 Å². The van der Waals surface area contributed by atoms with Crippen LogP contribution in [0.15, 0.2) is 54.7 Å². The monoisotopic (exact) mass is 416 g/mol. The number of Topliss-reactive ketones (excluding diaryl/α,β-unsaturated/α-hetero) is 1. The Morgan fingerprint density at radius 3 is 2.26 bits per heavy atom. The second kappa shape index (κ2) is 9.34. The molecule has 1 fully saturated rings. The fraction of sp³-hybridized carbons (Fsp3) is 0.261. The van der Waals surface area contributed by atoms with Gasteiger partial charge in [-0.05, 0) is 56.2 Å². The first-order valence-corrected chi connectivity index (χ1v) is 10.3. The number of carbonyl (C=O) groups is 2. The van der Waals surface area contributed by atoms with Gasteiger partial charge in [-0.3, -0.25) is 9.59 Å². The fourth-order valence-electron chi connectivity index (χ4n) is 3.49. The predicted octanol–water partition coefficient (Wildman–Crippen LogP) is 4.37.